The number of hydrogen-bond acceptors (Lipinski definition) is 9. The summed E-state index contributed by atoms with van der Waals surface area (Å²) < 4.78 is 31.2. The molecular formula is C17H20O9. The first-order chi connectivity index (χ1) is 12.5. The summed E-state index contributed by atoms with van der Waals surface area (Å²) in [5.41, 5.74) is 0.754. The van der Waals surface area contributed by atoms with E-state index in [1.54, 1.807) is 18.2 Å². The predicted molar refractivity (Wildman–Crippen MR) is 85.9 cm³/mol. The molecule has 0 saturated carbocycles. The number of aldehydes is 1. The van der Waals surface area contributed by atoms with Crippen LogP contribution >= 0.6 is 0 Å². The topological polar surface area (TPSA) is 107 Å². The molecule has 0 bridgehead atoms. The van der Waals surface area contributed by atoms with Gasteiger partial charge >= 0.3 is 11.9 Å². The van der Waals surface area contributed by atoms with Gasteiger partial charge in [-0.25, -0.2) is 9.59 Å². The van der Waals surface area contributed by atoms with E-state index in [1.807, 2.05) is 0 Å². The minimum Gasteiger partial charge on any atom is -0.467 e. The molecule has 9 nitrogen and oxygen atoms in total. The van der Waals surface area contributed by atoms with Crippen molar-refractivity contribution in [1.29, 1.82) is 0 Å². The molecule has 1 heterocycles. The van der Waals surface area contributed by atoms with Crippen LogP contribution in [0, 0.1) is 0 Å². The summed E-state index contributed by atoms with van der Waals surface area (Å²) in [7, 11) is 2.49. The Morgan fingerprint density at radius 2 is 1.58 bits per heavy atom. The van der Waals surface area contributed by atoms with Gasteiger partial charge in [-0.1, -0.05) is 6.07 Å². The van der Waals surface area contributed by atoms with Gasteiger partial charge in [-0.15, -0.1) is 0 Å². The first-order valence-corrected chi connectivity index (χ1v) is 7.75. The summed E-state index contributed by atoms with van der Waals surface area (Å²) in [4.78, 5) is 33.1. The molecule has 0 N–H and O–H groups in total. The van der Waals surface area contributed by atoms with Crippen LogP contribution in [0.15, 0.2) is 18.2 Å². The minimum absolute atomic E-state index is 0.152. The van der Waals surface area contributed by atoms with Gasteiger partial charge in [-0.3, -0.25) is 0 Å². The van der Waals surface area contributed by atoms with Crippen molar-refractivity contribution in [2.24, 2.45) is 0 Å². The van der Waals surface area contributed by atoms with Crippen molar-refractivity contribution in [3.63, 3.8) is 0 Å². The van der Waals surface area contributed by atoms with Crippen molar-refractivity contribution in [2.75, 3.05) is 40.6 Å². The number of methoxy groups -OCH3 is 2. The molecule has 0 amide bonds. The summed E-state index contributed by atoms with van der Waals surface area (Å²) in [6.45, 7) is -0.897. The smallest absolute Gasteiger partial charge is 0.331 e. The first kappa shape index (κ1) is 19.7. The number of fused-ring (bicyclic) bond motifs is 1. The van der Waals surface area contributed by atoms with Crippen molar-refractivity contribution in [3.05, 3.63) is 23.8 Å². The van der Waals surface area contributed by atoms with E-state index in [4.69, 9.17) is 18.9 Å². The van der Waals surface area contributed by atoms with E-state index in [9.17, 15) is 14.4 Å². The van der Waals surface area contributed by atoms with Crippen molar-refractivity contribution < 1.29 is 42.8 Å². The minimum atomic E-state index is -1.38. The lowest BCUT2D eigenvalue weighted by Gasteiger charge is -2.26. The maximum atomic E-state index is 11.2. The maximum Gasteiger partial charge on any atom is 0.331 e. The molecular weight excluding hydrogens is 348 g/mol. The van der Waals surface area contributed by atoms with Gasteiger partial charge in [0, 0.05) is 6.42 Å². The second-order valence-electron chi connectivity index (χ2n) is 5.40. The Morgan fingerprint density at radius 1 is 1.00 bits per heavy atom. The third-order valence-corrected chi connectivity index (χ3v) is 3.46. The van der Waals surface area contributed by atoms with Gasteiger partial charge in [0.2, 0.25) is 0 Å². The molecule has 0 aromatic heterocycles. The van der Waals surface area contributed by atoms with Crippen molar-refractivity contribution in [1.82, 2.24) is 0 Å². The molecule has 1 aliphatic rings. The number of carbonyl (C=O) groups excluding carboxylic acids is 3. The van der Waals surface area contributed by atoms with Crippen LogP contribution < -0.4 is 9.47 Å². The normalized spacial score (nSPS) is 13.9. The average Bonchev–Trinajstić information content (AvgIpc) is 2.99. The second kappa shape index (κ2) is 9.16. The Labute approximate surface area is 150 Å². The quantitative estimate of drug-likeness (QED) is 0.425. The molecule has 0 spiro atoms. The molecule has 26 heavy (non-hydrogen) atoms. The van der Waals surface area contributed by atoms with Gasteiger partial charge < -0.3 is 33.2 Å². The van der Waals surface area contributed by atoms with Crippen LogP contribution in [0.2, 0.25) is 0 Å². The highest BCUT2D eigenvalue weighted by Crippen LogP contribution is 2.40. The summed E-state index contributed by atoms with van der Waals surface area (Å²) in [6, 6.07) is 5.07. The number of carbonyl (C=O) groups is 3. The number of ether oxygens (including phenoxy) is 6. The number of hydrogen-bond donors (Lipinski definition) is 0. The fraction of sp³-hybridized carbons (Fsp3) is 0.471. The Hall–Kier alpha value is -2.65. The molecule has 0 saturated heterocycles. The van der Waals surface area contributed by atoms with Crippen molar-refractivity contribution in [2.45, 2.75) is 12.2 Å². The SMILES string of the molecule is COC(=O)COCC1(COCC(=O)OC)Oc2ccc(CC=O)cc2O1. The lowest BCUT2D eigenvalue weighted by Crippen LogP contribution is -2.48. The van der Waals surface area contributed by atoms with Gasteiger partial charge in [0.05, 0.1) is 14.2 Å². The van der Waals surface area contributed by atoms with Crippen LogP contribution in [-0.2, 0) is 39.8 Å². The standard InChI is InChI=1S/C17H20O9/c1-21-15(19)8-23-10-17(11-24-9-16(20)22-2)25-13-4-3-12(5-6-18)7-14(13)26-17/h3-4,6-7H,5,8-11H2,1-2H3. The molecule has 2 rings (SSSR count). The Bertz CT molecular complexity index is 634. The van der Waals surface area contributed by atoms with Crippen molar-refractivity contribution >= 4 is 18.2 Å². The van der Waals surface area contributed by atoms with E-state index in [0.717, 1.165) is 11.8 Å². The van der Waals surface area contributed by atoms with Crippen LogP contribution in [0.1, 0.15) is 5.56 Å². The predicted octanol–water partition coefficient (Wildman–Crippen LogP) is 0.275. The molecule has 1 aromatic rings. The lowest BCUT2D eigenvalue weighted by molar-refractivity contribution is -0.181. The molecule has 9 heteroatoms. The monoisotopic (exact) mass is 368 g/mol. The average molecular weight is 368 g/mol. The van der Waals surface area contributed by atoms with Gasteiger partial charge in [-0.2, -0.15) is 0 Å². The Kier molecular flexibility index (Phi) is 6.93. The van der Waals surface area contributed by atoms with Crippen LogP contribution in [0.3, 0.4) is 0 Å². The van der Waals surface area contributed by atoms with Crippen LogP contribution in [0.4, 0.5) is 0 Å². The fourth-order valence-electron chi connectivity index (χ4n) is 2.22. The number of rotatable bonds is 10. The van der Waals surface area contributed by atoms with E-state index in [-0.39, 0.29) is 32.8 Å². The molecule has 1 aliphatic heterocycles. The summed E-state index contributed by atoms with van der Waals surface area (Å²) >= 11 is 0. The molecule has 0 aliphatic carbocycles. The first-order valence-electron chi connectivity index (χ1n) is 7.75. The summed E-state index contributed by atoms with van der Waals surface area (Å²) in [5.74, 6) is -1.65. The van der Waals surface area contributed by atoms with Crippen LogP contribution in [-0.4, -0.2) is 64.7 Å². The third kappa shape index (κ3) is 5.17. The van der Waals surface area contributed by atoms with Crippen LogP contribution in [0.25, 0.3) is 0 Å². The second-order valence-corrected chi connectivity index (χ2v) is 5.40. The summed E-state index contributed by atoms with van der Waals surface area (Å²) in [6.07, 6.45) is 1.02. The van der Waals surface area contributed by atoms with E-state index in [1.165, 1.54) is 14.2 Å². The van der Waals surface area contributed by atoms with Gasteiger partial charge in [-0.05, 0) is 17.7 Å². The van der Waals surface area contributed by atoms with E-state index in [0.29, 0.717) is 11.5 Å². The molecule has 1 aromatic carbocycles. The van der Waals surface area contributed by atoms with E-state index >= 15 is 0 Å². The molecule has 0 atom stereocenters. The number of esters is 2. The Morgan fingerprint density at radius 3 is 2.12 bits per heavy atom. The van der Waals surface area contributed by atoms with Gasteiger partial charge in [0.1, 0.15) is 32.7 Å². The maximum absolute atomic E-state index is 11.2. The highest BCUT2D eigenvalue weighted by Gasteiger charge is 2.43. The summed E-state index contributed by atoms with van der Waals surface area (Å²) in [5, 5.41) is 0. The van der Waals surface area contributed by atoms with E-state index < -0.39 is 17.7 Å². The zero-order chi connectivity index (χ0) is 19.0. The fourth-order valence-corrected chi connectivity index (χ4v) is 2.22. The Balaban J connectivity index is 2.07. The zero-order valence-electron chi connectivity index (χ0n) is 14.5. The number of benzene rings is 1. The third-order valence-electron chi connectivity index (χ3n) is 3.46. The van der Waals surface area contributed by atoms with Crippen molar-refractivity contribution in [3.8, 4) is 11.5 Å². The molecule has 0 fully saturated rings. The highest BCUT2D eigenvalue weighted by molar-refractivity contribution is 5.70. The van der Waals surface area contributed by atoms with Gasteiger partial charge in [0.15, 0.2) is 11.5 Å². The van der Waals surface area contributed by atoms with Gasteiger partial charge in [0.25, 0.3) is 5.79 Å². The van der Waals surface area contributed by atoms with E-state index in [2.05, 4.69) is 9.47 Å². The molecule has 142 valence electrons. The van der Waals surface area contributed by atoms with Crippen LogP contribution in [0.5, 0.6) is 11.5 Å². The highest BCUT2D eigenvalue weighted by atomic mass is 16.8. The molecule has 0 unspecified atom stereocenters. The zero-order valence-corrected chi connectivity index (χ0v) is 14.5. The molecule has 0 radical (unpaired) electrons. The lowest BCUT2D eigenvalue weighted by atomic mass is 10.1. The largest absolute Gasteiger partial charge is 0.467 e.